The van der Waals surface area contributed by atoms with E-state index in [0.717, 1.165) is 0 Å². The Labute approximate surface area is 394 Å². The van der Waals surface area contributed by atoms with Crippen molar-refractivity contribution < 1.29 is 0 Å². The summed E-state index contributed by atoms with van der Waals surface area (Å²) in [5, 5.41) is 15.9. The SMILES string of the molecule is Cc1ccc(C2(c3ccc(C)cc3)c3cc(-c4cc5ccc6cc(C(C)(C)C)cc7ccc(c4)c5c67)ccc3-c3ccc(-c4cc5ccc6cc(C(C)(C)C)cc7ccc(c4)c5c67)cc32)cc1. The van der Waals surface area contributed by atoms with E-state index in [-0.39, 0.29) is 10.8 Å². The number of aryl methyl sites for hydroxylation is 2. The van der Waals surface area contributed by atoms with Gasteiger partial charge in [-0.25, -0.2) is 0 Å². The second kappa shape index (κ2) is 13.9. The first-order valence-electron chi connectivity index (χ1n) is 24.1. The van der Waals surface area contributed by atoms with Crippen LogP contribution in [0.25, 0.3) is 98.0 Å². The maximum atomic E-state index is 2.52. The van der Waals surface area contributed by atoms with E-state index >= 15 is 0 Å². The van der Waals surface area contributed by atoms with E-state index in [9.17, 15) is 0 Å². The highest BCUT2D eigenvalue weighted by molar-refractivity contribution is 6.25. The maximum absolute atomic E-state index is 2.52. The molecule has 1 aliphatic rings. The minimum absolute atomic E-state index is 0.0835. The van der Waals surface area contributed by atoms with Gasteiger partial charge in [-0.1, -0.05) is 198 Å². The van der Waals surface area contributed by atoms with Gasteiger partial charge in [0.15, 0.2) is 0 Å². The number of fused-ring (bicyclic) bond motifs is 3. The average molecular weight is 859 g/mol. The van der Waals surface area contributed by atoms with Gasteiger partial charge in [-0.05, 0) is 192 Å². The van der Waals surface area contributed by atoms with Crippen molar-refractivity contribution in [3.8, 4) is 33.4 Å². The highest BCUT2D eigenvalue weighted by atomic mass is 14.5. The van der Waals surface area contributed by atoms with Gasteiger partial charge in [-0.3, -0.25) is 0 Å². The predicted molar refractivity (Wildman–Crippen MR) is 289 cm³/mol. The van der Waals surface area contributed by atoms with Gasteiger partial charge in [-0.2, -0.15) is 0 Å². The molecule has 0 saturated heterocycles. The summed E-state index contributed by atoms with van der Waals surface area (Å²) >= 11 is 0. The van der Waals surface area contributed by atoms with Gasteiger partial charge in [0, 0.05) is 0 Å². The Hall–Kier alpha value is -7.28. The molecule has 13 rings (SSSR count). The predicted octanol–water partition coefficient (Wildman–Crippen LogP) is 18.4. The standard InChI is InChI=1S/C67H54/c1-39-9-23-53(24-10-39)67(54-25-11-40(2)12-26-54)59-37-41(51-29-43-13-17-47-33-55(65(3,4)5)34-48-18-14-44(30-51)61(43)63(47)48)21-27-57(59)58-28-22-42(38-60(58)67)52-31-45-15-19-49-35-56(66(6,7)8)36-50-20-16-46(32-52)62(45)64(49)50/h9-38H,1-8H3. The second-order valence-corrected chi connectivity index (χ2v) is 22.0. The molecule has 0 aromatic heterocycles. The zero-order valence-corrected chi connectivity index (χ0v) is 39.8. The fourth-order valence-electron chi connectivity index (χ4n) is 12.0. The van der Waals surface area contributed by atoms with Crippen LogP contribution in [-0.2, 0) is 16.2 Å². The summed E-state index contributed by atoms with van der Waals surface area (Å²) in [6.45, 7) is 18.2. The lowest BCUT2D eigenvalue weighted by atomic mass is 9.67. The number of benzene rings is 12. The van der Waals surface area contributed by atoms with E-state index in [1.54, 1.807) is 0 Å². The third-order valence-corrected chi connectivity index (χ3v) is 15.6. The van der Waals surface area contributed by atoms with Gasteiger partial charge >= 0.3 is 0 Å². The van der Waals surface area contributed by atoms with Crippen molar-refractivity contribution >= 4 is 64.6 Å². The van der Waals surface area contributed by atoms with Crippen LogP contribution in [0.15, 0.2) is 182 Å². The highest BCUT2D eigenvalue weighted by Gasteiger charge is 2.46. The normalized spacial score (nSPS) is 13.8. The minimum atomic E-state index is -0.556. The van der Waals surface area contributed by atoms with Gasteiger partial charge in [0.05, 0.1) is 5.41 Å². The Morgan fingerprint density at radius 3 is 0.851 bits per heavy atom. The van der Waals surface area contributed by atoms with Crippen molar-refractivity contribution in [2.24, 2.45) is 0 Å². The van der Waals surface area contributed by atoms with Gasteiger partial charge < -0.3 is 0 Å². The second-order valence-electron chi connectivity index (χ2n) is 22.0. The van der Waals surface area contributed by atoms with Crippen LogP contribution in [-0.4, -0.2) is 0 Å². The molecule has 0 heterocycles. The van der Waals surface area contributed by atoms with Crippen molar-refractivity contribution in [2.75, 3.05) is 0 Å². The molecule has 0 N–H and O–H groups in total. The van der Waals surface area contributed by atoms with Crippen LogP contribution in [0.4, 0.5) is 0 Å². The minimum Gasteiger partial charge on any atom is -0.0590 e. The van der Waals surface area contributed by atoms with Crippen molar-refractivity contribution in [3.63, 3.8) is 0 Å². The van der Waals surface area contributed by atoms with Crippen molar-refractivity contribution in [2.45, 2.75) is 71.6 Å². The summed E-state index contributed by atoms with van der Waals surface area (Å²) in [7, 11) is 0. The van der Waals surface area contributed by atoms with Gasteiger partial charge in [0.1, 0.15) is 0 Å². The molecule has 0 bridgehead atoms. The molecule has 0 heteroatoms. The lowest BCUT2D eigenvalue weighted by Gasteiger charge is -2.34. The summed E-state index contributed by atoms with van der Waals surface area (Å²) in [5.41, 5.74) is 17.7. The third-order valence-electron chi connectivity index (χ3n) is 15.6. The molecule has 12 aromatic rings. The third kappa shape index (κ3) is 5.91. The Balaban J connectivity index is 1.02. The summed E-state index contributed by atoms with van der Waals surface area (Å²) in [4.78, 5) is 0. The molecule has 322 valence electrons. The lowest BCUT2D eigenvalue weighted by molar-refractivity contribution is 0.591. The number of hydrogen-bond donors (Lipinski definition) is 0. The molecule has 1 aliphatic carbocycles. The monoisotopic (exact) mass is 858 g/mol. The molecule has 0 radical (unpaired) electrons. The van der Waals surface area contributed by atoms with Gasteiger partial charge in [0.2, 0.25) is 0 Å². The first-order chi connectivity index (χ1) is 32.2. The molecule has 0 fully saturated rings. The smallest absolute Gasteiger partial charge is 0.0590 e. The van der Waals surface area contributed by atoms with Gasteiger partial charge in [-0.15, -0.1) is 0 Å². The van der Waals surface area contributed by atoms with Crippen molar-refractivity contribution in [3.05, 3.63) is 226 Å². The summed E-state index contributed by atoms with van der Waals surface area (Å²) < 4.78 is 0. The Bertz CT molecular complexity index is 3580. The van der Waals surface area contributed by atoms with Gasteiger partial charge in [0.25, 0.3) is 0 Å². The van der Waals surface area contributed by atoms with Crippen LogP contribution in [0, 0.1) is 13.8 Å². The highest BCUT2D eigenvalue weighted by Crippen LogP contribution is 2.58. The fourth-order valence-corrected chi connectivity index (χ4v) is 12.0. The first-order valence-corrected chi connectivity index (χ1v) is 24.1. The van der Waals surface area contributed by atoms with E-state index < -0.39 is 5.41 Å². The van der Waals surface area contributed by atoms with E-state index in [4.69, 9.17) is 0 Å². The van der Waals surface area contributed by atoms with Crippen LogP contribution >= 0.6 is 0 Å². The summed E-state index contributed by atoms with van der Waals surface area (Å²) in [6, 6.07) is 71.3. The Morgan fingerprint density at radius 2 is 0.567 bits per heavy atom. The number of hydrogen-bond acceptors (Lipinski definition) is 0. The topological polar surface area (TPSA) is 0 Å². The zero-order chi connectivity index (χ0) is 45.7. The van der Waals surface area contributed by atoms with Crippen LogP contribution < -0.4 is 0 Å². The Kier molecular flexibility index (Phi) is 8.29. The molecule has 12 aromatic carbocycles. The molecule has 0 spiro atoms. The number of rotatable bonds is 4. The molecule has 0 saturated carbocycles. The zero-order valence-electron chi connectivity index (χ0n) is 39.8. The fraction of sp³-hybridized carbons (Fsp3) is 0.164. The van der Waals surface area contributed by atoms with Crippen molar-refractivity contribution in [1.82, 2.24) is 0 Å². The molecule has 67 heavy (non-hydrogen) atoms. The summed E-state index contributed by atoms with van der Waals surface area (Å²) in [5.74, 6) is 0. The first kappa shape index (κ1) is 40.0. The molecule has 0 amide bonds. The van der Waals surface area contributed by atoms with E-state index in [1.165, 1.54) is 143 Å². The van der Waals surface area contributed by atoms with Crippen molar-refractivity contribution in [1.29, 1.82) is 0 Å². The molecule has 0 nitrogen and oxygen atoms in total. The largest absolute Gasteiger partial charge is 0.0714 e. The Morgan fingerprint density at radius 1 is 0.284 bits per heavy atom. The van der Waals surface area contributed by atoms with E-state index in [1.807, 2.05) is 0 Å². The molecular weight excluding hydrogens is 805 g/mol. The molecule has 0 atom stereocenters. The maximum Gasteiger partial charge on any atom is 0.0714 e. The molecule has 0 aliphatic heterocycles. The van der Waals surface area contributed by atoms with Crippen LogP contribution in [0.2, 0.25) is 0 Å². The molecular formula is C67H54. The lowest BCUT2D eigenvalue weighted by Crippen LogP contribution is -2.28. The van der Waals surface area contributed by atoms with E-state index in [2.05, 4.69) is 237 Å². The molecule has 0 unspecified atom stereocenters. The van der Waals surface area contributed by atoms with Crippen LogP contribution in [0.1, 0.15) is 86.1 Å². The van der Waals surface area contributed by atoms with Crippen LogP contribution in [0.3, 0.4) is 0 Å². The quantitative estimate of drug-likeness (QED) is 0.155. The summed E-state index contributed by atoms with van der Waals surface area (Å²) in [6.07, 6.45) is 0. The van der Waals surface area contributed by atoms with Crippen LogP contribution in [0.5, 0.6) is 0 Å². The average Bonchev–Trinajstić information content (AvgIpc) is 3.61. The van der Waals surface area contributed by atoms with E-state index in [0.29, 0.717) is 0 Å².